The van der Waals surface area contributed by atoms with E-state index < -0.39 is 6.10 Å². The number of halogens is 1. The van der Waals surface area contributed by atoms with Crippen molar-refractivity contribution in [2.24, 2.45) is 0 Å². The fraction of sp³-hybridized carbons (Fsp3) is 0.111. The summed E-state index contributed by atoms with van der Waals surface area (Å²) >= 11 is 3.28. The summed E-state index contributed by atoms with van der Waals surface area (Å²) in [7, 11) is 0. The number of terminal acetylenes is 1. The Kier molecular flexibility index (Phi) is 2.70. The molecule has 1 atom stereocenters. The van der Waals surface area contributed by atoms with Gasteiger partial charge in [0.2, 0.25) is 0 Å². The van der Waals surface area contributed by atoms with Crippen molar-refractivity contribution < 1.29 is 5.11 Å². The van der Waals surface area contributed by atoms with E-state index in [-0.39, 0.29) is 0 Å². The summed E-state index contributed by atoms with van der Waals surface area (Å²) in [6.07, 6.45) is 4.24. The van der Waals surface area contributed by atoms with E-state index in [0.717, 1.165) is 10.0 Å². The van der Waals surface area contributed by atoms with Gasteiger partial charge in [0.15, 0.2) is 0 Å². The van der Waals surface area contributed by atoms with Gasteiger partial charge in [-0.2, -0.15) is 0 Å². The SMILES string of the molecule is C#C[C@@H](O)c1ccc(Br)cc1. The number of aliphatic hydroxyl groups is 1. The molecule has 56 valence electrons. The molecular weight excluding hydrogens is 204 g/mol. The molecule has 0 bridgehead atoms. The molecule has 1 rings (SSSR count). The standard InChI is InChI=1S/C9H7BrO/c1-2-9(11)7-3-5-8(10)6-4-7/h1,3-6,9,11H/t9-/m1/s1. The van der Waals surface area contributed by atoms with Gasteiger partial charge in [-0.3, -0.25) is 0 Å². The molecule has 1 aromatic rings. The smallest absolute Gasteiger partial charge is 0.139 e. The maximum absolute atomic E-state index is 9.17. The Morgan fingerprint density at radius 2 is 1.91 bits per heavy atom. The highest BCUT2D eigenvalue weighted by Crippen LogP contribution is 2.15. The fourth-order valence-corrected chi connectivity index (χ4v) is 1.01. The summed E-state index contributed by atoms with van der Waals surface area (Å²) in [6.45, 7) is 0. The van der Waals surface area contributed by atoms with E-state index in [4.69, 9.17) is 11.5 Å². The van der Waals surface area contributed by atoms with E-state index in [1.54, 1.807) is 12.1 Å². The maximum Gasteiger partial charge on any atom is 0.139 e. The molecule has 0 saturated heterocycles. The van der Waals surface area contributed by atoms with E-state index in [2.05, 4.69) is 21.9 Å². The van der Waals surface area contributed by atoms with Crippen LogP contribution in [0.15, 0.2) is 28.7 Å². The number of benzene rings is 1. The summed E-state index contributed by atoms with van der Waals surface area (Å²) in [5, 5.41) is 9.17. The van der Waals surface area contributed by atoms with Crippen molar-refractivity contribution in [3.05, 3.63) is 34.3 Å². The van der Waals surface area contributed by atoms with Gasteiger partial charge in [-0.05, 0) is 17.7 Å². The van der Waals surface area contributed by atoms with E-state index in [9.17, 15) is 0 Å². The predicted octanol–water partition coefficient (Wildman–Crippen LogP) is 2.12. The number of hydrogen-bond donors (Lipinski definition) is 1. The van der Waals surface area contributed by atoms with Gasteiger partial charge >= 0.3 is 0 Å². The van der Waals surface area contributed by atoms with E-state index in [1.807, 2.05) is 12.1 Å². The van der Waals surface area contributed by atoms with Crippen LogP contribution in [0.5, 0.6) is 0 Å². The first kappa shape index (κ1) is 8.32. The highest BCUT2D eigenvalue weighted by molar-refractivity contribution is 9.10. The lowest BCUT2D eigenvalue weighted by Crippen LogP contribution is -1.91. The third-order valence-corrected chi connectivity index (χ3v) is 1.87. The van der Waals surface area contributed by atoms with Crippen molar-refractivity contribution in [3.63, 3.8) is 0 Å². The molecule has 0 spiro atoms. The molecule has 1 N–H and O–H groups in total. The van der Waals surface area contributed by atoms with Gasteiger partial charge in [-0.25, -0.2) is 0 Å². The van der Waals surface area contributed by atoms with E-state index in [1.165, 1.54) is 0 Å². The number of hydrogen-bond acceptors (Lipinski definition) is 1. The Morgan fingerprint density at radius 3 is 2.36 bits per heavy atom. The van der Waals surface area contributed by atoms with Crippen LogP contribution in [-0.2, 0) is 0 Å². The Hall–Kier alpha value is -0.780. The Balaban J connectivity index is 2.92. The molecule has 0 aliphatic heterocycles. The zero-order valence-electron chi connectivity index (χ0n) is 5.79. The minimum atomic E-state index is -0.789. The first-order valence-electron chi connectivity index (χ1n) is 3.13. The molecule has 2 heteroatoms. The van der Waals surface area contributed by atoms with E-state index >= 15 is 0 Å². The average molecular weight is 211 g/mol. The second kappa shape index (κ2) is 3.56. The molecule has 1 nitrogen and oxygen atoms in total. The normalized spacial score (nSPS) is 12.1. The molecule has 0 aliphatic rings. The Labute approximate surface area is 74.2 Å². The molecular formula is C9H7BrO. The molecule has 0 amide bonds. The van der Waals surface area contributed by atoms with Gasteiger partial charge in [0.25, 0.3) is 0 Å². The van der Waals surface area contributed by atoms with Crippen LogP contribution in [0.1, 0.15) is 11.7 Å². The fourth-order valence-electron chi connectivity index (χ4n) is 0.741. The van der Waals surface area contributed by atoms with Crippen molar-refractivity contribution in [1.29, 1.82) is 0 Å². The Bertz CT molecular complexity index is 271. The lowest BCUT2D eigenvalue weighted by Gasteiger charge is -2.01. The topological polar surface area (TPSA) is 20.2 Å². The zero-order valence-corrected chi connectivity index (χ0v) is 7.38. The van der Waals surface area contributed by atoms with Crippen LogP contribution in [0.25, 0.3) is 0 Å². The minimum absolute atomic E-state index is 0.746. The first-order chi connectivity index (χ1) is 5.24. The summed E-state index contributed by atoms with van der Waals surface area (Å²) in [5.41, 5.74) is 0.746. The third kappa shape index (κ3) is 2.07. The number of aliphatic hydroxyl groups excluding tert-OH is 1. The van der Waals surface area contributed by atoms with Crippen molar-refractivity contribution in [1.82, 2.24) is 0 Å². The Morgan fingerprint density at radius 1 is 1.36 bits per heavy atom. The molecule has 0 saturated carbocycles. The van der Waals surface area contributed by atoms with Gasteiger partial charge in [0.05, 0.1) is 0 Å². The van der Waals surface area contributed by atoms with E-state index in [0.29, 0.717) is 0 Å². The van der Waals surface area contributed by atoms with Gasteiger partial charge in [-0.15, -0.1) is 6.42 Å². The van der Waals surface area contributed by atoms with Crippen LogP contribution < -0.4 is 0 Å². The third-order valence-electron chi connectivity index (χ3n) is 1.34. The molecule has 0 heterocycles. The highest BCUT2D eigenvalue weighted by atomic mass is 79.9. The monoisotopic (exact) mass is 210 g/mol. The van der Waals surface area contributed by atoms with Crippen LogP contribution in [0.4, 0.5) is 0 Å². The maximum atomic E-state index is 9.17. The largest absolute Gasteiger partial charge is 0.376 e. The van der Waals surface area contributed by atoms with Crippen LogP contribution in [0.2, 0.25) is 0 Å². The second-order valence-electron chi connectivity index (χ2n) is 2.12. The van der Waals surface area contributed by atoms with Crippen molar-refractivity contribution in [3.8, 4) is 12.3 Å². The van der Waals surface area contributed by atoms with Gasteiger partial charge < -0.3 is 5.11 Å². The first-order valence-corrected chi connectivity index (χ1v) is 3.93. The van der Waals surface area contributed by atoms with Crippen LogP contribution in [-0.4, -0.2) is 5.11 Å². The summed E-state index contributed by atoms with van der Waals surface area (Å²) in [6, 6.07) is 7.26. The van der Waals surface area contributed by atoms with Gasteiger partial charge in [-0.1, -0.05) is 34.0 Å². The van der Waals surface area contributed by atoms with Crippen LogP contribution in [0, 0.1) is 12.3 Å². The van der Waals surface area contributed by atoms with Gasteiger partial charge in [0, 0.05) is 4.47 Å². The van der Waals surface area contributed by atoms with Crippen LogP contribution in [0.3, 0.4) is 0 Å². The van der Waals surface area contributed by atoms with Gasteiger partial charge in [0.1, 0.15) is 6.10 Å². The quantitative estimate of drug-likeness (QED) is 0.705. The minimum Gasteiger partial charge on any atom is -0.376 e. The van der Waals surface area contributed by atoms with Crippen LogP contribution >= 0.6 is 15.9 Å². The summed E-state index contributed by atoms with van der Waals surface area (Å²) < 4.78 is 0.977. The lowest BCUT2D eigenvalue weighted by atomic mass is 10.1. The lowest BCUT2D eigenvalue weighted by molar-refractivity contribution is 0.238. The van der Waals surface area contributed by atoms with Crippen molar-refractivity contribution in [2.75, 3.05) is 0 Å². The molecule has 0 aliphatic carbocycles. The second-order valence-corrected chi connectivity index (χ2v) is 3.04. The molecule has 1 aromatic carbocycles. The predicted molar refractivity (Wildman–Crippen MR) is 47.9 cm³/mol. The highest BCUT2D eigenvalue weighted by Gasteiger charge is 2.00. The molecule has 0 unspecified atom stereocenters. The number of rotatable bonds is 1. The molecule has 0 radical (unpaired) electrons. The molecule has 0 fully saturated rings. The van der Waals surface area contributed by atoms with Crippen molar-refractivity contribution in [2.45, 2.75) is 6.10 Å². The summed E-state index contributed by atoms with van der Waals surface area (Å²) in [5.74, 6) is 2.24. The molecule has 11 heavy (non-hydrogen) atoms. The molecule has 0 aromatic heterocycles. The zero-order chi connectivity index (χ0) is 8.27. The average Bonchev–Trinajstić information content (AvgIpc) is 2.05. The summed E-state index contributed by atoms with van der Waals surface area (Å²) in [4.78, 5) is 0. The van der Waals surface area contributed by atoms with Crippen molar-refractivity contribution >= 4 is 15.9 Å².